The van der Waals surface area contributed by atoms with Gasteiger partial charge in [0.1, 0.15) is 11.6 Å². The summed E-state index contributed by atoms with van der Waals surface area (Å²) in [5, 5.41) is 3.91. The second kappa shape index (κ2) is 12.2. The molecule has 38 heavy (non-hydrogen) atoms. The molecule has 9 heteroatoms. The zero-order valence-corrected chi connectivity index (χ0v) is 21.6. The number of halogens is 2. The molecule has 0 bridgehead atoms. The van der Waals surface area contributed by atoms with Crippen molar-refractivity contribution in [3.05, 3.63) is 95.1 Å². The minimum absolute atomic E-state index is 0.240. The SMILES string of the molecule is N/N=C(\C=N\Sc1ccc2c(c1)OCO2)CCN1CCC(=C(c2ccc(F)cc2)c2ccc(F)cc2)CC1. The van der Waals surface area contributed by atoms with E-state index in [0.29, 0.717) is 6.42 Å². The number of piperidine rings is 1. The van der Waals surface area contributed by atoms with Crippen LogP contribution in [-0.2, 0) is 0 Å². The Bertz CT molecular complexity index is 1300. The lowest BCUT2D eigenvalue weighted by Gasteiger charge is -2.30. The molecule has 0 aliphatic carbocycles. The van der Waals surface area contributed by atoms with Crippen molar-refractivity contribution in [3.63, 3.8) is 0 Å². The highest BCUT2D eigenvalue weighted by Crippen LogP contribution is 2.36. The van der Waals surface area contributed by atoms with E-state index in [0.717, 1.165) is 71.3 Å². The normalized spacial score (nSPS) is 15.8. The molecule has 196 valence electrons. The Kier molecular flexibility index (Phi) is 8.35. The summed E-state index contributed by atoms with van der Waals surface area (Å²) in [6.45, 7) is 2.81. The van der Waals surface area contributed by atoms with E-state index in [1.807, 2.05) is 18.2 Å². The van der Waals surface area contributed by atoms with Gasteiger partial charge in [0.15, 0.2) is 11.5 Å². The van der Waals surface area contributed by atoms with Crippen LogP contribution in [0.3, 0.4) is 0 Å². The fraction of sp³-hybridized carbons (Fsp3) is 0.241. The van der Waals surface area contributed by atoms with Crippen LogP contribution < -0.4 is 15.3 Å². The van der Waals surface area contributed by atoms with Gasteiger partial charge in [-0.15, -0.1) is 0 Å². The Morgan fingerprint density at radius 1 is 0.895 bits per heavy atom. The first-order valence-corrected chi connectivity index (χ1v) is 13.2. The number of hydrogen-bond donors (Lipinski definition) is 1. The zero-order chi connectivity index (χ0) is 26.3. The van der Waals surface area contributed by atoms with E-state index in [2.05, 4.69) is 14.4 Å². The predicted octanol–water partition coefficient (Wildman–Crippen LogP) is 6.07. The van der Waals surface area contributed by atoms with Gasteiger partial charge in [-0.1, -0.05) is 29.8 Å². The molecule has 5 rings (SSSR count). The molecule has 0 saturated carbocycles. The van der Waals surface area contributed by atoms with E-state index >= 15 is 0 Å². The van der Waals surface area contributed by atoms with Crippen molar-refractivity contribution in [1.82, 2.24) is 4.90 Å². The van der Waals surface area contributed by atoms with Crippen LogP contribution in [0.4, 0.5) is 8.78 Å². The Morgan fingerprint density at radius 3 is 2.16 bits per heavy atom. The molecule has 3 aromatic rings. The smallest absolute Gasteiger partial charge is 0.231 e. The molecule has 3 aromatic carbocycles. The molecule has 0 spiro atoms. The Hall–Kier alpha value is -3.69. The van der Waals surface area contributed by atoms with Gasteiger partial charge in [-0.25, -0.2) is 13.2 Å². The Morgan fingerprint density at radius 2 is 1.53 bits per heavy atom. The lowest BCUT2D eigenvalue weighted by molar-refractivity contribution is 0.174. The summed E-state index contributed by atoms with van der Waals surface area (Å²) in [7, 11) is 0. The molecule has 1 saturated heterocycles. The molecule has 1 fully saturated rings. The fourth-order valence-corrected chi connectivity index (χ4v) is 5.21. The average molecular weight is 535 g/mol. The van der Waals surface area contributed by atoms with Crippen LogP contribution >= 0.6 is 11.9 Å². The Balaban J connectivity index is 1.19. The number of nitrogens with zero attached hydrogens (tertiary/aromatic N) is 3. The maximum Gasteiger partial charge on any atom is 0.231 e. The standard InChI is InChI=1S/C29H28F2N4O2S/c30-23-5-1-20(2-6-23)29(21-3-7-24(31)8-4-21)22-11-14-35(15-12-22)16-13-25(34-32)18-33-38-26-9-10-27-28(17-26)37-19-36-27/h1-10,17-18H,11-16,19,32H2/b33-18+,34-25-. The fourth-order valence-electron chi connectivity index (χ4n) is 4.62. The summed E-state index contributed by atoms with van der Waals surface area (Å²) in [5.41, 5.74) is 4.94. The molecule has 6 nitrogen and oxygen atoms in total. The van der Waals surface area contributed by atoms with E-state index < -0.39 is 0 Å². The summed E-state index contributed by atoms with van der Waals surface area (Å²) in [6, 6.07) is 18.7. The van der Waals surface area contributed by atoms with E-state index in [1.54, 1.807) is 30.5 Å². The molecule has 0 radical (unpaired) electrons. The molecule has 0 unspecified atom stereocenters. The zero-order valence-electron chi connectivity index (χ0n) is 20.8. The van der Waals surface area contributed by atoms with Crippen molar-refractivity contribution >= 4 is 29.4 Å². The van der Waals surface area contributed by atoms with Gasteiger partial charge in [-0.3, -0.25) is 0 Å². The van der Waals surface area contributed by atoms with Crippen molar-refractivity contribution in [1.29, 1.82) is 0 Å². The van der Waals surface area contributed by atoms with Gasteiger partial charge in [-0.2, -0.15) is 5.10 Å². The van der Waals surface area contributed by atoms with Gasteiger partial charge in [0.25, 0.3) is 0 Å². The highest BCUT2D eigenvalue weighted by Gasteiger charge is 2.20. The third-order valence-corrected chi connectivity index (χ3v) is 7.31. The lowest BCUT2D eigenvalue weighted by Crippen LogP contribution is -2.33. The molecule has 2 N–H and O–H groups in total. The number of hydrazone groups is 1. The Labute approximate surface area is 225 Å². The first-order chi connectivity index (χ1) is 18.6. The van der Waals surface area contributed by atoms with Crippen LogP contribution in [0, 0.1) is 11.6 Å². The van der Waals surface area contributed by atoms with Gasteiger partial charge in [0.2, 0.25) is 6.79 Å². The lowest BCUT2D eigenvalue weighted by atomic mass is 9.88. The summed E-state index contributed by atoms with van der Waals surface area (Å²) in [6.07, 6.45) is 4.12. The maximum atomic E-state index is 13.6. The van der Waals surface area contributed by atoms with Crippen LogP contribution in [0.15, 0.2) is 86.7 Å². The summed E-state index contributed by atoms with van der Waals surface area (Å²) in [4.78, 5) is 3.32. The minimum Gasteiger partial charge on any atom is -0.454 e. The summed E-state index contributed by atoms with van der Waals surface area (Å²) >= 11 is 1.32. The number of benzene rings is 3. The maximum absolute atomic E-state index is 13.6. The van der Waals surface area contributed by atoms with Gasteiger partial charge in [0, 0.05) is 42.9 Å². The van der Waals surface area contributed by atoms with E-state index in [4.69, 9.17) is 15.3 Å². The monoisotopic (exact) mass is 534 g/mol. The molecule has 2 heterocycles. The minimum atomic E-state index is -0.276. The van der Waals surface area contributed by atoms with Crippen LogP contribution in [0.1, 0.15) is 30.4 Å². The third kappa shape index (κ3) is 6.41. The average Bonchev–Trinajstić information content (AvgIpc) is 3.42. The first-order valence-electron chi connectivity index (χ1n) is 12.4. The van der Waals surface area contributed by atoms with Gasteiger partial charge in [0.05, 0.1) is 11.9 Å². The first kappa shape index (κ1) is 25.9. The summed E-state index contributed by atoms with van der Waals surface area (Å²) < 4.78 is 42.3. The predicted molar refractivity (Wildman–Crippen MR) is 148 cm³/mol. The summed E-state index contributed by atoms with van der Waals surface area (Å²) in [5.74, 6) is 6.53. The van der Waals surface area contributed by atoms with Crippen molar-refractivity contribution in [2.75, 3.05) is 26.4 Å². The molecule has 0 aromatic heterocycles. The number of likely N-dealkylation sites (tertiary alicyclic amines) is 1. The van der Waals surface area contributed by atoms with Gasteiger partial charge < -0.3 is 20.2 Å². The van der Waals surface area contributed by atoms with Crippen molar-refractivity contribution in [3.8, 4) is 11.5 Å². The van der Waals surface area contributed by atoms with Crippen molar-refractivity contribution in [2.45, 2.75) is 24.2 Å². The number of ether oxygens (including phenoxy) is 2. The number of rotatable bonds is 8. The molecular weight excluding hydrogens is 506 g/mol. The van der Waals surface area contributed by atoms with E-state index in [1.165, 1.54) is 41.8 Å². The van der Waals surface area contributed by atoms with Gasteiger partial charge >= 0.3 is 0 Å². The molecule has 2 aliphatic rings. The van der Waals surface area contributed by atoms with Crippen LogP contribution in [0.5, 0.6) is 11.5 Å². The van der Waals surface area contributed by atoms with Crippen molar-refractivity contribution < 1.29 is 18.3 Å². The molecule has 0 amide bonds. The highest BCUT2D eigenvalue weighted by atomic mass is 32.2. The number of nitrogens with two attached hydrogens (primary N) is 1. The quantitative estimate of drug-likeness (QED) is 0.164. The second-order valence-electron chi connectivity index (χ2n) is 9.05. The number of hydrogen-bond acceptors (Lipinski definition) is 7. The highest BCUT2D eigenvalue weighted by molar-refractivity contribution is 7.98. The van der Waals surface area contributed by atoms with Crippen LogP contribution in [-0.4, -0.2) is 43.3 Å². The molecule has 2 aliphatic heterocycles. The topological polar surface area (TPSA) is 72.4 Å². The molecule has 0 atom stereocenters. The van der Waals surface area contributed by atoms with Crippen molar-refractivity contribution in [2.24, 2.45) is 15.3 Å². The van der Waals surface area contributed by atoms with Crippen LogP contribution in [0.2, 0.25) is 0 Å². The largest absolute Gasteiger partial charge is 0.454 e. The van der Waals surface area contributed by atoms with Crippen LogP contribution in [0.25, 0.3) is 5.57 Å². The van der Waals surface area contributed by atoms with E-state index in [-0.39, 0.29) is 18.4 Å². The van der Waals surface area contributed by atoms with Gasteiger partial charge in [-0.05, 0) is 72.0 Å². The molecular formula is C29H28F2N4O2S. The third-order valence-electron chi connectivity index (χ3n) is 6.63. The number of fused-ring (bicyclic) bond motifs is 1. The second-order valence-corrected chi connectivity index (χ2v) is 9.91. The van der Waals surface area contributed by atoms with E-state index in [9.17, 15) is 8.78 Å².